The van der Waals surface area contributed by atoms with Crippen molar-refractivity contribution in [2.45, 2.75) is 25.9 Å². The maximum Gasteiger partial charge on any atom is 0.305 e. The van der Waals surface area contributed by atoms with E-state index in [4.69, 9.17) is 16.3 Å². The number of hydrogen-bond donors (Lipinski definition) is 1. The summed E-state index contributed by atoms with van der Waals surface area (Å²) in [4.78, 5) is 11.1. The fourth-order valence-corrected chi connectivity index (χ4v) is 1.81. The van der Waals surface area contributed by atoms with Crippen molar-refractivity contribution in [3.63, 3.8) is 0 Å². The molecular formula is C12H14BrClO3. The Labute approximate surface area is 114 Å². The summed E-state index contributed by atoms with van der Waals surface area (Å²) in [6, 6.07) is 5.22. The third-order valence-corrected chi connectivity index (χ3v) is 3.49. The first-order chi connectivity index (χ1) is 8.04. The molecule has 1 atom stereocenters. The smallest absolute Gasteiger partial charge is 0.305 e. The molecule has 1 unspecified atom stereocenters. The van der Waals surface area contributed by atoms with Crippen molar-refractivity contribution in [3.8, 4) is 0 Å². The fraction of sp³-hybridized carbons (Fsp3) is 0.417. The van der Waals surface area contributed by atoms with Gasteiger partial charge >= 0.3 is 5.97 Å². The van der Waals surface area contributed by atoms with Crippen molar-refractivity contribution < 1.29 is 14.6 Å². The number of carbonyl (C=O) groups is 1. The summed E-state index contributed by atoms with van der Waals surface area (Å²) in [7, 11) is 0. The summed E-state index contributed by atoms with van der Waals surface area (Å²) in [6.45, 7) is 2.11. The highest BCUT2D eigenvalue weighted by atomic mass is 79.9. The van der Waals surface area contributed by atoms with Crippen LogP contribution in [0.15, 0.2) is 22.7 Å². The van der Waals surface area contributed by atoms with Gasteiger partial charge in [-0.15, -0.1) is 0 Å². The minimum absolute atomic E-state index is 0.197. The molecule has 0 aliphatic heterocycles. The molecule has 0 aliphatic rings. The van der Waals surface area contributed by atoms with E-state index >= 15 is 0 Å². The second kappa shape index (κ2) is 6.99. The Kier molecular flexibility index (Phi) is 5.95. The van der Waals surface area contributed by atoms with Gasteiger partial charge in [-0.3, -0.25) is 4.79 Å². The van der Waals surface area contributed by atoms with Crippen molar-refractivity contribution in [2.75, 3.05) is 6.61 Å². The summed E-state index contributed by atoms with van der Waals surface area (Å²) in [5, 5.41) is 10.4. The molecule has 3 nitrogen and oxygen atoms in total. The first kappa shape index (κ1) is 14.5. The number of benzene rings is 1. The van der Waals surface area contributed by atoms with Crippen LogP contribution in [-0.4, -0.2) is 17.7 Å². The maximum absolute atomic E-state index is 11.1. The van der Waals surface area contributed by atoms with E-state index in [9.17, 15) is 9.90 Å². The number of halogens is 2. The van der Waals surface area contributed by atoms with E-state index in [0.717, 1.165) is 4.47 Å². The molecular weight excluding hydrogens is 307 g/mol. The highest BCUT2D eigenvalue weighted by Gasteiger charge is 2.12. The SMILES string of the molecule is CCOC(=O)CCC(O)c1ccc(Br)c(Cl)c1. The van der Waals surface area contributed by atoms with E-state index in [2.05, 4.69) is 15.9 Å². The van der Waals surface area contributed by atoms with Gasteiger partial charge in [0.2, 0.25) is 0 Å². The van der Waals surface area contributed by atoms with E-state index < -0.39 is 6.10 Å². The van der Waals surface area contributed by atoms with Crippen LogP contribution in [0.4, 0.5) is 0 Å². The third-order valence-electron chi connectivity index (χ3n) is 2.26. The van der Waals surface area contributed by atoms with Gasteiger partial charge in [0, 0.05) is 10.9 Å². The van der Waals surface area contributed by atoms with E-state index in [-0.39, 0.29) is 12.4 Å². The Morgan fingerprint density at radius 1 is 1.59 bits per heavy atom. The average Bonchev–Trinajstić information content (AvgIpc) is 2.30. The molecule has 0 saturated carbocycles. The Bertz CT molecular complexity index is 395. The first-order valence-electron chi connectivity index (χ1n) is 5.33. The van der Waals surface area contributed by atoms with Crippen molar-refractivity contribution in [1.29, 1.82) is 0 Å². The van der Waals surface area contributed by atoms with Crippen molar-refractivity contribution in [3.05, 3.63) is 33.3 Å². The average molecular weight is 322 g/mol. The minimum Gasteiger partial charge on any atom is -0.466 e. The highest BCUT2D eigenvalue weighted by Crippen LogP contribution is 2.27. The topological polar surface area (TPSA) is 46.5 Å². The van der Waals surface area contributed by atoms with Crippen LogP contribution in [0.2, 0.25) is 5.02 Å². The molecule has 0 spiro atoms. The van der Waals surface area contributed by atoms with Crippen molar-refractivity contribution in [2.24, 2.45) is 0 Å². The lowest BCUT2D eigenvalue weighted by molar-refractivity contribution is -0.143. The Hall–Kier alpha value is -0.580. The predicted molar refractivity (Wildman–Crippen MR) is 70.0 cm³/mol. The number of hydrogen-bond acceptors (Lipinski definition) is 3. The molecule has 0 amide bonds. The van der Waals surface area contributed by atoms with E-state index in [0.29, 0.717) is 23.6 Å². The van der Waals surface area contributed by atoms with E-state index in [1.54, 1.807) is 25.1 Å². The van der Waals surface area contributed by atoms with Gasteiger partial charge in [0.1, 0.15) is 0 Å². The lowest BCUT2D eigenvalue weighted by Gasteiger charge is -2.11. The number of carbonyl (C=O) groups excluding carboxylic acids is 1. The van der Waals surface area contributed by atoms with Crippen LogP contribution < -0.4 is 0 Å². The first-order valence-corrected chi connectivity index (χ1v) is 6.50. The van der Waals surface area contributed by atoms with Gasteiger partial charge in [-0.25, -0.2) is 0 Å². The Morgan fingerprint density at radius 2 is 2.29 bits per heavy atom. The third kappa shape index (κ3) is 4.66. The van der Waals surface area contributed by atoms with Gasteiger partial charge < -0.3 is 9.84 Å². The van der Waals surface area contributed by atoms with Gasteiger partial charge in [0.05, 0.1) is 17.7 Å². The zero-order chi connectivity index (χ0) is 12.8. The van der Waals surface area contributed by atoms with E-state index in [1.165, 1.54) is 0 Å². The molecule has 0 heterocycles. The molecule has 0 fully saturated rings. The molecule has 94 valence electrons. The molecule has 17 heavy (non-hydrogen) atoms. The van der Waals surface area contributed by atoms with Crippen LogP contribution in [-0.2, 0) is 9.53 Å². The fourth-order valence-electron chi connectivity index (χ4n) is 1.37. The molecule has 5 heteroatoms. The second-order valence-corrected chi connectivity index (χ2v) is 4.79. The largest absolute Gasteiger partial charge is 0.466 e. The minimum atomic E-state index is -0.704. The molecule has 1 rings (SSSR count). The normalized spacial score (nSPS) is 12.2. The van der Waals surface area contributed by atoms with Gasteiger partial charge in [-0.05, 0) is 47.0 Å². The standard InChI is InChI=1S/C12H14BrClO3/c1-2-17-12(16)6-5-11(15)8-3-4-9(13)10(14)7-8/h3-4,7,11,15H,2,5-6H2,1H3. The quantitative estimate of drug-likeness (QED) is 0.845. The molecule has 0 radical (unpaired) electrons. The number of aliphatic hydroxyl groups is 1. The summed E-state index contributed by atoms with van der Waals surface area (Å²) in [6.07, 6.45) is -0.176. The molecule has 0 aromatic heterocycles. The lowest BCUT2D eigenvalue weighted by atomic mass is 10.1. The Balaban J connectivity index is 2.54. The molecule has 0 bridgehead atoms. The maximum atomic E-state index is 11.1. The summed E-state index contributed by atoms with van der Waals surface area (Å²) >= 11 is 9.19. The van der Waals surface area contributed by atoms with Crippen LogP contribution in [0.3, 0.4) is 0 Å². The Morgan fingerprint density at radius 3 is 2.88 bits per heavy atom. The zero-order valence-corrected chi connectivity index (χ0v) is 11.8. The zero-order valence-electron chi connectivity index (χ0n) is 9.45. The van der Waals surface area contributed by atoms with Crippen molar-refractivity contribution >= 4 is 33.5 Å². The summed E-state index contributed by atoms with van der Waals surface area (Å²) in [5.41, 5.74) is 0.697. The molecule has 1 aromatic carbocycles. The van der Waals surface area contributed by atoms with E-state index in [1.807, 2.05) is 0 Å². The molecule has 0 aliphatic carbocycles. The number of rotatable bonds is 5. The molecule has 1 N–H and O–H groups in total. The van der Waals surface area contributed by atoms with Crippen LogP contribution in [0, 0.1) is 0 Å². The summed E-state index contributed by atoms with van der Waals surface area (Å²) in [5.74, 6) is -0.297. The number of aliphatic hydroxyl groups excluding tert-OH is 1. The van der Waals surface area contributed by atoms with Gasteiger partial charge in [0.25, 0.3) is 0 Å². The van der Waals surface area contributed by atoms with Gasteiger partial charge in [-0.1, -0.05) is 17.7 Å². The number of ether oxygens (including phenoxy) is 1. The highest BCUT2D eigenvalue weighted by molar-refractivity contribution is 9.10. The van der Waals surface area contributed by atoms with Crippen LogP contribution in [0.5, 0.6) is 0 Å². The van der Waals surface area contributed by atoms with Gasteiger partial charge in [-0.2, -0.15) is 0 Å². The molecule has 0 saturated heterocycles. The molecule has 1 aromatic rings. The van der Waals surface area contributed by atoms with Crippen LogP contribution in [0.25, 0.3) is 0 Å². The van der Waals surface area contributed by atoms with Crippen LogP contribution in [0.1, 0.15) is 31.4 Å². The van der Waals surface area contributed by atoms with Crippen molar-refractivity contribution in [1.82, 2.24) is 0 Å². The van der Waals surface area contributed by atoms with Crippen LogP contribution >= 0.6 is 27.5 Å². The summed E-state index contributed by atoms with van der Waals surface area (Å²) < 4.78 is 5.57. The second-order valence-electron chi connectivity index (χ2n) is 3.53. The lowest BCUT2D eigenvalue weighted by Crippen LogP contribution is -2.07. The monoisotopic (exact) mass is 320 g/mol. The van der Waals surface area contributed by atoms with Gasteiger partial charge in [0.15, 0.2) is 0 Å². The predicted octanol–water partition coefficient (Wildman–Crippen LogP) is 3.48. The number of esters is 1.